The second kappa shape index (κ2) is 5.83. The van der Waals surface area contributed by atoms with Crippen LogP contribution in [0.25, 0.3) is 11.0 Å². The van der Waals surface area contributed by atoms with E-state index in [4.69, 9.17) is 0 Å². The fourth-order valence-electron chi connectivity index (χ4n) is 3.29. The van der Waals surface area contributed by atoms with Crippen molar-refractivity contribution in [2.75, 3.05) is 13.1 Å². The van der Waals surface area contributed by atoms with Crippen LogP contribution in [0.2, 0.25) is 0 Å². The zero-order valence-corrected chi connectivity index (χ0v) is 12.8. The van der Waals surface area contributed by atoms with Crippen molar-refractivity contribution >= 4 is 16.9 Å². The topological polar surface area (TPSA) is 61.9 Å². The fourth-order valence-corrected chi connectivity index (χ4v) is 3.29. The Balaban J connectivity index is 1.43. The standard InChI is InChI=1S/C18H18N4O/c23-18(15-1-5-19-6-2-15)22-8-4-13(12-22)9-14-10-16-3-7-20-17(16)21-11-14/h1-3,5-7,10-11,13H,4,8-9,12H2,(H,20,21). The summed E-state index contributed by atoms with van der Waals surface area (Å²) in [6.07, 6.45) is 9.19. The molecule has 0 aromatic carbocycles. The number of amides is 1. The normalized spacial score (nSPS) is 17.7. The van der Waals surface area contributed by atoms with Crippen LogP contribution in [0.15, 0.2) is 49.1 Å². The van der Waals surface area contributed by atoms with Gasteiger partial charge in [-0.05, 0) is 48.6 Å². The van der Waals surface area contributed by atoms with Crippen LogP contribution < -0.4 is 0 Å². The monoisotopic (exact) mass is 306 g/mol. The molecular weight excluding hydrogens is 288 g/mol. The maximum absolute atomic E-state index is 12.5. The van der Waals surface area contributed by atoms with Gasteiger partial charge in [0.15, 0.2) is 0 Å². The minimum Gasteiger partial charge on any atom is -0.346 e. The average molecular weight is 306 g/mol. The molecule has 3 aromatic heterocycles. The molecule has 1 atom stereocenters. The first kappa shape index (κ1) is 13.9. The second-order valence-corrected chi connectivity index (χ2v) is 6.10. The zero-order chi connectivity index (χ0) is 15.6. The molecule has 4 heterocycles. The van der Waals surface area contributed by atoms with E-state index in [0.717, 1.165) is 42.5 Å². The van der Waals surface area contributed by atoms with Gasteiger partial charge in [-0.25, -0.2) is 4.98 Å². The summed E-state index contributed by atoms with van der Waals surface area (Å²) in [4.78, 5) is 25.9. The second-order valence-electron chi connectivity index (χ2n) is 6.10. The molecule has 1 amide bonds. The lowest BCUT2D eigenvalue weighted by Gasteiger charge is -2.16. The summed E-state index contributed by atoms with van der Waals surface area (Å²) in [5, 5.41) is 1.14. The Labute approximate surface area is 134 Å². The van der Waals surface area contributed by atoms with Crippen LogP contribution in [0.1, 0.15) is 22.3 Å². The molecule has 3 aromatic rings. The SMILES string of the molecule is O=C(c1ccncc1)N1CCC(Cc2cnc3[nH]ccc3c2)C1. The highest BCUT2D eigenvalue weighted by Crippen LogP contribution is 2.23. The van der Waals surface area contributed by atoms with Gasteiger partial charge in [-0.3, -0.25) is 9.78 Å². The van der Waals surface area contributed by atoms with Crippen LogP contribution in [0.5, 0.6) is 0 Å². The van der Waals surface area contributed by atoms with Crippen LogP contribution in [0.4, 0.5) is 0 Å². The largest absolute Gasteiger partial charge is 0.346 e. The van der Waals surface area contributed by atoms with Gasteiger partial charge in [-0.2, -0.15) is 0 Å². The first-order valence-corrected chi connectivity index (χ1v) is 7.91. The maximum Gasteiger partial charge on any atom is 0.253 e. The van der Waals surface area contributed by atoms with Crippen molar-refractivity contribution in [1.82, 2.24) is 19.9 Å². The zero-order valence-electron chi connectivity index (χ0n) is 12.8. The van der Waals surface area contributed by atoms with Gasteiger partial charge in [-0.15, -0.1) is 0 Å². The van der Waals surface area contributed by atoms with Crippen molar-refractivity contribution in [1.29, 1.82) is 0 Å². The van der Waals surface area contributed by atoms with Crippen LogP contribution in [0.3, 0.4) is 0 Å². The highest BCUT2D eigenvalue weighted by atomic mass is 16.2. The number of nitrogens with zero attached hydrogens (tertiary/aromatic N) is 3. The number of aromatic nitrogens is 3. The smallest absolute Gasteiger partial charge is 0.253 e. The summed E-state index contributed by atoms with van der Waals surface area (Å²) in [6, 6.07) is 7.78. The number of fused-ring (bicyclic) bond motifs is 1. The van der Waals surface area contributed by atoms with Gasteiger partial charge in [-0.1, -0.05) is 0 Å². The minimum absolute atomic E-state index is 0.106. The summed E-state index contributed by atoms with van der Waals surface area (Å²) in [6.45, 7) is 1.64. The molecule has 1 aliphatic heterocycles. The van der Waals surface area contributed by atoms with Gasteiger partial charge in [0.1, 0.15) is 5.65 Å². The van der Waals surface area contributed by atoms with Crippen LogP contribution in [-0.4, -0.2) is 38.8 Å². The van der Waals surface area contributed by atoms with Crippen molar-refractivity contribution in [3.8, 4) is 0 Å². The van der Waals surface area contributed by atoms with Gasteiger partial charge in [0.05, 0.1) is 0 Å². The maximum atomic E-state index is 12.5. The molecule has 1 saturated heterocycles. The number of H-pyrrole nitrogens is 1. The van der Waals surface area contributed by atoms with Crippen molar-refractivity contribution in [2.45, 2.75) is 12.8 Å². The molecule has 4 rings (SSSR count). The Kier molecular flexibility index (Phi) is 3.54. The molecule has 5 nitrogen and oxygen atoms in total. The number of nitrogens with one attached hydrogen (secondary N) is 1. The highest BCUT2D eigenvalue weighted by Gasteiger charge is 2.27. The Morgan fingerprint density at radius 3 is 3.04 bits per heavy atom. The van der Waals surface area contributed by atoms with Gasteiger partial charge in [0.25, 0.3) is 5.91 Å². The number of likely N-dealkylation sites (tertiary alicyclic amines) is 1. The van der Waals surface area contributed by atoms with Gasteiger partial charge in [0, 0.05) is 48.8 Å². The average Bonchev–Trinajstić information content (AvgIpc) is 3.24. The number of hydrogen-bond donors (Lipinski definition) is 1. The number of carbonyl (C=O) groups is 1. The number of carbonyl (C=O) groups excluding carboxylic acids is 1. The van der Waals surface area contributed by atoms with Gasteiger partial charge >= 0.3 is 0 Å². The van der Waals surface area contributed by atoms with Gasteiger partial charge in [0.2, 0.25) is 0 Å². The van der Waals surface area contributed by atoms with E-state index in [0.29, 0.717) is 5.92 Å². The lowest BCUT2D eigenvalue weighted by molar-refractivity contribution is 0.0787. The van der Waals surface area contributed by atoms with Crippen molar-refractivity contribution in [2.24, 2.45) is 5.92 Å². The molecule has 0 saturated carbocycles. The van der Waals surface area contributed by atoms with Crippen LogP contribution in [-0.2, 0) is 6.42 Å². The Morgan fingerprint density at radius 1 is 1.30 bits per heavy atom. The molecule has 116 valence electrons. The third-order valence-electron chi connectivity index (χ3n) is 4.48. The lowest BCUT2D eigenvalue weighted by Crippen LogP contribution is -2.28. The molecule has 1 unspecified atom stereocenters. The lowest BCUT2D eigenvalue weighted by atomic mass is 9.99. The first-order chi connectivity index (χ1) is 11.3. The van der Waals surface area contributed by atoms with Crippen LogP contribution >= 0.6 is 0 Å². The molecule has 1 fully saturated rings. The molecule has 1 aliphatic rings. The molecule has 0 spiro atoms. The molecule has 5 heteroatoms. The van der Waals surface area contributed by atoms with E-state index in [2.05, 4.69) is 21.0 Å². The Hall–Kier alpha value is -2.69. The van der Waals surface area contributed by atoms with E-state index in [9.17, 15) is 4.79 Å². The molecule has 0 bridgehead atoms. The van der Waals surface area contributed by atoms with E-state index < -0.39 is 0 Å². The molecule has 23 heavy (non-hydrogen) atoms. The Bertz CT molecular complexity index is 827. The minimum atomic E-state index is 0.106. The predicted octanol–water partition coefficient (Wildman–Crippen LogP) is 2.66. The molecule has 0 radical (unpaired) electrons. The summed E-state index contributed by atoms with van der Waals surface area (Å²) in [5.74, 6) is 0.605. The molecular formula is C18H18N4O. The number of rotatable bonds is 3. The molecule has 1 N–H and O–H groups in total. The number of pyridine rings is 2. The van der Waals surface area contributed by atoms with Crippen molar-refractivity contribution < 1.29 is 4.79 Å². The van der Waals surface area contributed by atoms with E-state index in [1.807, 2.05) is 23.4 Å². The molecule has 0 aliphatic carbocycles. The summed E-state index contributed by atoms with van der Waals surface area (Å²) in [7, 11) is 0. The summed E-state index contributed by atoms with van der Waals surface area (Å²) in [5.41, 5.74) is 2.88. The van der Waals surface area contributed by atoms with Crippen LogP contribution in [0, 0.1) is 5.92 Å². The number of aromatic amines is 1. The first-order valence-electron chi connectivity index (χ1n) is 7.91. The van der Waals surface area contributed by atoms with E-state index >= 15 is 0 Å². The van der Waals surface area contributed by atoms with E-state index in [1.165, 1.54) is 5.56 Å². The number of hydrogen-bond acceptors (Lipinski definition) is 3. The Morgan fingerprint density at radius 2 is 2.17 bits per heavy atom. The van der Waals surface area contributed by atoms with E-state index in [-0.39, 0.29) is 5.91 Å². The van der Waals surface area contributed by atoms with Crippen molar-refractivity contribution in [3.63, 3.8) is 0 Å². The van der Waals surface area contributed by atoms with E-state index in [1.54, 1.807) is 24.5 Å². The quantitative estimate of drug-likeness (QED) is 0.809. The van der Waals surface area contributed by atoms with Crippen molar-refractivity contribution in [3.05, 3.63) is 60.2 Å². The summed E-state index contributed by atoms with van der Waals surface area (Å²) < 4.78 is 0. The van der Waals surface area contributed by atoms with Gasteiger partial charge < -0.3 is 9.88 Å². The fraction of sp³-hybridized carbons (Fsp3) is 0.278. The highest BCUT2D eigenvalue weighted by molar-refractivity contribution is 5.94. The third kappa shape index (κ3) is 2.82. The predicted molar refractivity (Wildman–Crippen MR) is 88.0 cm³/mol. The summed E-state index contributed by atoms with van der Waals surface area (Å²) >= 11 is 0. The third-order valence-corrected chi connectivity index (χ3v) is 4.48.